The third-order valence-corrected chi connectivity index (χ3v) is 4.58. The molecule has 0 aliphatic rings. The van der Waals surface area contributed by atoms with Crippen molar-refractivity contribution in [1.82, 2.24) is 5.32 Å². The van der Waals surface area contributed by atoms with E-state index >= 15 is 0 Å². The van der Waals surface area contributed by atoms with Gasteiger partial charge in [0, 0.05) is 17.5 Å². The fourth-order valence-electron chi connectivity index (χ4n) is 2.46. The first-order valence-corrected chi connectivity index (χ1v) is 10.3. The number of carbonyl (C=O) groups excluding carboxylic acids is 2. The Morgan fingerprint density at radius 1 is 1.00 bits per heavy atom. The van der Waals surface area contributed by atoms with Gasteiger partial charge in [0.15, 0.2) is 9.84 Å². The van der Waals surface area contributed by atoms with Gasteiger partial charge in [-0.05, 0) is 35.7 Å². The Hall–Kier alpha value is -2.67. The maximum atomic E-state index is 12.1. The SMILES string of the molecule is CCc1ccccc1NC(=O)CNC(=O)c1ccc(CS(C)(=O)=O)cc1. The Bertz CT molecular complexity index is 890. The van der Waals surface area contributed by atoms with Gasteiger partial charge in [-0.1, -0.05) is 37.3 Å². The van der Waals surface area contributed by atoms with E-state index in [4.69, 9.17) is 0 Å². The highest BCUT2D eigenvalue weighted by atomic mass is 32.2. The minimum atomic E-state index is -3.12. The molecule has 2 aromatic carbocycles. The number of sulfone groups is 1. The van der Waals surface area contributed by atoms with Gasteiger partial charge in [-0.3, -0.25) is 9.59 Å². The second kappa shape index (κ2) is 8.62. The zero-order chi connectivity index (χ0) is 19.2. The fourth-order valence-corrected chi connectivity index (χ4v) is 3.26. The van der Waals surface area contributed by atoms with Crippen LogP contribution < -0.4 is 10.6 Å². The molecule has 7 heteroatoms. The summed E-state index contributed by atoms with van der Waals surface area (Å²) in [5, 5.41) is 5.34. The summed E-state index contributed by atoms with van der Waals surface area (Å²) in [6.45, 7) is 1.85. The van der Waals surface area contributed by atoms with Gasteiger partial charge in [-0.2, -0.15) is 0 Å². The summed E-state index contributed by atoms with van der Waals surface area (Å²) in [5.41, 5.74) is 2.73. The highest BCUT2D eigenvalue weighted by Gasteiger charge is 2.10. The molecular weight excluding hydrogens is 352 g/mol. The fraction of sp³-hybridized carbons (Fsp3) is 0.263. The predicted octanol–water partition coefficient (Wildman–Crippen LogP) is 2.16. The third-order valence-electron chi connectivity index (χ3n) is 3.73. The summed E-state index contributed by atoms with van der Waals surface area (Å²) in [5.74, 6) is -0.781. The number of rotatable bonds is 7. The topological polar surface area (TPSA) is 92.3 Å². The smallest absolute Gasteiger partial charge is 0.251 e. The van der Waals surface area contributed by atoms with Gasteiger partial charge < -0.3 is 10.6 Å². The van der Waals surface area contributed by atoms with Gasteiger partial charge in [0.05, 0.1) is 12.3 Å². The highest BCUT2D eigenvalue weighted by molar-refractivity contribution is 7.89. The quantitative estimate of drug-likeness (QED) is 0.777. The van der Waals surface area contributed by atoms with E-state index in [-0.39, 0.29) is 18.2 Å². The third kappa shape index (κ3) is 6.00. The monoisotopic (exact) mass is 374 g/mol. The zero-order valence-corrected chi connectivity index (χ0v) is 15.6. The minimum Gasteiger partial charge on any atom is -0.343 e. The molecule has 138 valence electrons. The molecule has 0 atom stereocenters. The number of hydrogen-bond donors (Lipinski definition) is 2. The summed E-state index contributed by atoms with van der Waals surface area (Å²) >= 11 is 0. The molecule has 2 rings (SSSR count). The summed E-state index contributed by atoms with van der Waals surface area (Å²) in [6.07, 6.45) is 1.95. The standard InChI is InChI=1S/C19H22N2O4S/c1-3-15-6-4-5-7-17(15)21-18(22)12-20-19(23)16-10-8-14(9-11-16)13-26(2,24)25/h4-11H,3,12-13H2,1-2H3,(H,20,23)(H,21,22). The molecule has 0 aromatic heterocycles. The van der Waals surface area contributed by atoms with Crippen molar-refractivity contribution in [2.75, 3.05) is 18.1 Å². The lowest BCUT2D eigenvalue weighted by Gasteiger charge is -2.10. The van der Waals surface area contributed by atoms with Gasteiger partial charge in [0.1, 0.15) is 0 Å². The number of hydrogen-bond acceptors (Lipinski definition) is 4. The molecular formula is C19H22N2O4S. The van der Waals surface area contributed by atoms with Crippen LogP contribution in [0.2, 0.25) is 0 Å². The molecule has 0 aliphatic carbocycles. The first-order chi connectivity index (χ1) is 12.3. The van der Waals surface area contributed by atoms with Crippen molar-refractivity contribution in [1.29, 1.82) is 0 Å². The molecule has 0 radical (unpaired) electrons. The van der Waals surface area contributed by atoms with Crippen molar-refractivity contribution in [3.05, 3.63) is 65.2 Å². The van der Waals surface area contributed by atoms with Gasteiger partial charge >= 0.3 is 0 Å². The van der Waals surface area contributed by atoms with Crippen LogP contribution in [0.5, 0.6) is 0 Å². The van der Waals surface area contributed by atoms with Crippen LogP contribution in [0.4, 0.5) is 5.69 Å². The first-order valence-electron chi connectivity index (χ1n) is 8.21. The number of amides is 2. The van der Waals surface area contributed by atoms with E-state index in [2.05, 4.69) is 10.6 Å². The number of benzene rings is 2. The zero-order valence-electron chi connectivity index (χ0n) is 14.8. The van der Waals surface area contributed by atoms with Crippen molar-refractivity contribution < 1.29 is 18.0 Å². The normalized spacial score (nSPS) is 11.0. The van der Waals surface area contributed by atoms with E-state index in [1.54, 1.807) is 24.3 Å². The molecule has 26 heavy (non-hydrogen) atoms. The summed E-state index contributed by atoms with van der Waals surface area (Å²) in [4.78, 5) is 24.1. The van der Waals surface area contributed by atoms with E-state index in [1.165, 1.54) is 0 Å². The minimum absolute atomic E-state index is 0.0753. The predicted molar refractivity (Wildman–Crippen MR) is 102 cm³/mol. The molecule has 0 saturated carbocycles. The van der Waals surface area contributed by atoms with Crippen molar-refractivity contribution in [2.24, 2.45) is 0 Å². The Morgan fingerprint density at radius 2 is 1.65 bits per heavy atom. The summed E-state index contributed by atoms with van der Waals surface area (Å²) < 4.78 is 22.5. The summed E-state index contributed by atoms with van der Waals surface area (Å²) in [6, 6.07) is 13.8. The van der Waals surface area contributed by atoms with Crippen LogP contribution in [-0.2, 0) is 26.8 Å². The van der Waals surface area contributed by atoms with Crippen LogP contribution >= 0.6 is 0 Å². The van der Waals surface area contributed by atoms with Crippen molar-refractivity contribution in [3.63, 3.8) is 0 Å². The number of para-hydroxylation sites is 1. The molecule has 0 spiro atoms. The van der Waals surface area contributed by atoms with E-state index < -0.39 is 15.7 Å². The van der Waals surface area contributed by atoms with Gasteiger partial charge in [0.2, 0.25) is 5.91 Å². The maximum Gasteiger partial charge on any atom is 0.251 e. The molecule has 6 nitrogen and oxygen atoms in total. The van der Waals surface area contributed by atoms with Crippen LogP contribution in [0.25, 0.3) is 0 Å². The van der Waals surface area contributed by atoms with E-state index in [1.807, 2.05) is 31.2 Å². The number of nitrogens with one attached hydrogen (secondary N) is 2. The number of anilines is 1. The number of carbonyl (C=O) groups is 2. The second-order valence-electron chi connectivity index (χ2n) is 6.01. The average molecular weight is 374 g/mol. The molecule has 0 fully saturated rings. The van der Waals surface area contributed by atoms with Gasteiger partial charge in [-0.25, -0.2) is 8.42 Å². The largest absolute Gasteiger partial charge is 0.343 e. The van der Waals surface area contributed by atoms with Crippen LogP contribution in [0, 0.1) is 0 Å². The van der Waals surface area contributed by atoms with Crippen LogP contribution in [0.1, 0.15) is 28.4 Å². The molecule has 0 unspecified atom stereocenters. The molecule has 2 aromatic rings. The molecule has 0 bridgehead atoms. The Morgan fingerprint density at radius 3 is 2.27 bits per heavy atom. The first kappa shape index (κ1) is 19.7. The Kier molecular flexibility index (Phi) is 6.52. The average Bonchev–Trinajstić information content (AvgIpc) is 2.59. The van der Waals surface area contributed by atoms with Crippen molar-refractivity contribution >= 4 is 27.3 Å². The lowest BCUT2D eigenvalue weighted by Crippen LogP contribution is -2.33. The molecule has 0 heterocycles. The lowest BCUT2D eigenvalue weighted by molar-refractivity contribution is -0.115. The van der Waals surface area contributed by atoms with Crippen molar-refractivity contribution in [3.8, 4) is 0 Å². The van der Waals surface area contributed by atoms with E-state index in [0.717, 1.165) is 23.9 Å². The molecule has 0 aliphatic heterocycles. The molecule has 2 amide bonds. The highest BCUT2D eigenvalue weighted by Crippen LogP contribution is 2.15. The Balaban J connectivity index is 1.90. The van der Waals surface area contributed by atoms with E-state index in [9.17, 15) is 18.0 Å². The van der Waals surface area contributed by atoms with Gasteiger partial charge in [-0.15, -0.1) is 0 Å². The van der Waals surface area contributed by atoms with Crippen LogP contribution in [0.15, 0.2) is 48.5 Å². The Labute approximate surface area is 153 Å². The van der Waals surface area contributed by atoms with E-state index in [0.29, 0.717) is 11.1 Å². The number of aryl methyl sites for hydroxylation is 1. The van der Waals surface area contributed by atoms with Gasteiger partial charge in [0.25, 0.3) is 5.91 Å². The van der Waals surface area contributed by atoms with Crippen LogP contribution in [-0.4, -0.2) is 33.0 Å². The maximum absolute atomic E-state index is 12.1. The molecule has 2 N–H and O–H groups in total. The summed E-state index contributed by atoms with van der Waals surface area (Å²) in [7, 11) is -3.12. The lowest BCUT2D eigenvalue weighted by atomic mass is 10.1. The molecule has 0 saturated heterocycles. The second-order valence-corrected chi connectivity index (χ2v) is 8.15. The van der Waals surface area contributed by atoms with Crippen LogP contribution in [0.3, 0.4) is 0 Å². The van der Waals surface area contributed by atoms with Crippen molar-refractivity contribution in [2.45, 2.75) is 19.1 Å².